The Morgan fingerprint density at radius 1 is 1.75 bits per heavy atom. The van der Waals surface area contributed by atoms with E-state index < -0.39 is 0 Å². The Bertz CT molecular complexity index is 336. The van der Waals surface area contributed by atoms with Crippen LogP contribution in [0.5, 0.6) is 0 Å². The van der Waals surface area contributed by atoms with Gasteiger partial charge in [-0.2, -0.15) is 0 Å². The number of amides is 1. The lowest BCUT2D eigenvalue weighted by Crippen LogP contribution is -2.41. The number of hydrogen-bond donors (Lipinski definition) is 2. The molecule has 0 saturated carbocycles. The van der Waals surface area contributed by atoms with Crippen LogP contribution in [0.3, 0.4) is 0 Å². The van der Waals surface area contributed by atoms with E-state index in [-0.39, 0.29) is 11.8 Å². The first-order valence-corrected chi connectivity index (χ1v) is 5.72. The average Bonchev–Trinajstić information content (AvgIpc) is 2.81. The summed E-state index contributed by atoms with van der Waals surface area (Å²) in [7, 11) is 1.70. The number of imidazole rings is 1. The van der Waals surface area contributed by atoms with Gasteiger partial charge in [-0.05, 0) is 19.4 Å². The first kappa shape index (κ1) is 11.1. The largest absolute Gasteiger partial charge is 0.359 e. The Hall–Kier alpha value is -1.36. The van der Waals surface area contributed by atoms with E-state index in [0.717, 1.165) is 38.3 Å². The molecule has 88 valence electrons. The molecule has 0 spiro atoms. The van der Waals surface area contributed by atoms with Gasteiger partial charge >= 0.3 is 0 Å². The second kappa shape index (κ2) is 5.12. The van der Waals surface area contributed by atoms with E-state index in [0.29, 0.717) is 0 Å². The predicted octanol–water partition coefficient (Wildman–Crippen LogP) is 0.368. The number of aromatic amines is 1. The molecule has 1 aromatic heterocycles. The highest BCUT2D eigenvalue weighted by Crippen LogP contribution is 2.17. The van der Waals surface area contributed by atoms with Gasteiger partial charge in [0.25, 0.3) is 0 Å². The van der Waals surface area contributed by atoms with E-state index in [4.69, 9.17) is 0 Å². The number of rotatable bonds is 3. The van der Waals surface area contributed by atoms with Gasteiger partial charge in [-0.1, -0.05) is 0 Å². The molecule has 2 rings (SSSR count). The SMILES string of the molecule is CNC(=O)C1CCCN(Cc2ncc[nH]2)C1. The van der Waals surface area contributed by atoms with Crippen molar-refractivity contribution < 1.29 is 4.79 Å². The highest BCUT2D eigenvalue weighted by molar-refractivity contribution is 5.78. The van der Waals surface area contributed by atoms with Crippen molar-refractivity contribution in [1.29, 1.82) is 0 Å². The molecular weight excluding hydrogens is 204 g/mol. The summed E-state index contributed by atoms with van der Waals surface area (Å²) in [6.45, 7) is 2.69. The number of likely N-dealkylation sites (tertiary alicyclic amines) is 1. The summed E-state index contributed by atoms with van der Waals surface area (Å²) in [5, 5.41) is 2.73. The van der Waals surface area contributed by atoms with Crippen LogP contribution in [0.25, 0.3) is 0 Å². The molecular formula is C11H18N4O. The first-order chi connectivity index (χ1) is 7.79. The molecule has 1 unspecified atom stereocenters. The van der Waals surface area contributed by atoms with Crippen molar-refractivity contribution in [2.45, 2.75) is 19.4 Å². The van der Waals surface area contributed by atoms with Gasteiger partial charge in [0.05, 0.1) is 12.5 Å². The number of H-pyrrole nitrogens is 1. The van der Waals surface area contributed by atoms with E-state index in [9.17, 15) is 4.79 Å². The first-order valence-electron chi connectivity index (χ1n) is 5.72. The highest BCUT2D eigenvalue weighted by Gasteiger charge is 2.25. The average molecular weight is 222 g/mol. The van der Waals surface area contributed by atoms with Gasteiger partial charge in [0.2, 0.25) is 5.91 Å². The van der Waals surface area contributed by atoms with E-state index in [1.54, 1.807) is 13.2 Å². The fraction of sp³-hybridized carbons (Fsp3) is 0.636. The van der Waals surface area contributed by atoms with Gasteiger partial charge in [0, 0.05) is 26.0 Å². The smallest absolute Gasteiger partial charge is 0.224 e. The third-order valence-electron chi connectivity index (χ3n) is 3.05. The lowest BCUT2D eigenvalue weighted by Gasteiger charge is -2.30. The minimum absolute atomic E-state index is 0.133. The number of piperidine rings is 1. The topological polar surface area (TPSA) is 61.0 Å². The Morgan fingerprint density at radius 2 is 2.62 bits per heavy atom. The highest BCUT2D eigenvalue weighted by atomic mass is 16.1. The molecule has 2 N–H and O–H groups in total. The van der Waals surface area contributed by atoms with Crippen LogP contribution < -0.4 is 5.32 Å². The molecule has 0 radical (unpaired) electrons. The molecule has 1 aliphatic rings. The summed E-state index contributed by atoms with van der Waals surface area (Å²) in [5.41, 5.74) is 0. The summed E-state index contributed by atoms with van der Waals surface area (Å²) in [6.07, 6.45) is 5.66. The fourth-order valence-electron chi connectivity index (χ4n) is 2.21. The summed E-state index contributed by atoms with van der Waals surface area (Å²) in [5.74, 6) is 1.26. The number of carbonyl (C=O) groups is 1. The van der Waals surface area contributed by atoms with Crippen LogP contribution in [-0.4, -0.2) is 40.9 Å². The summed E-state index contributed by atoms with van der Waals surface area (Å²) in [6, 6.07) is 0. The van der Waals surface area contributed by atoms with Gasteiger partial charge in [0.1, 0.15) is 5.82 Å². The molecule has 1 saturated heterocycles. The standard InChI is InChI=1S/C11H18N4O/c1-12-11(16)9-3-2-6-15(7-9)8-10-13-4-5-14-10/h4-5,9H,2-3,6-8H2,1H3,(H,12,16)(H,13,14). The molecule has 1 aliphatic heterocycles. The molecule has 0 aliphatic carbocycles. The molecule has 1 atom stereocenters. The van der Waals surface area contributed by atoms with Crippen LogP contribution in [0.4, 0.5) is 0 Å². The summed E-state index contributed by atoms with van der Waals surface area (Å²) < 4.78 is 0. The van der Waals surface area contributed by atoms with Crippen LogP contribution in [0.1, 0.15) is 18.7 Å². The Balaban J connectivity index is 1.89. The second-order valence-corrected chi connectivity index (χ2v) is 4.22. The zero-order valence-electron chi connectivity index (χ0n) is 9.57. The van der Waals surface area contributed by atoms with Gasteiger partial charge in [-0.3, -0.25) is 9.69 Å². The van der Waals surface area contributed by atoms with Crippen molar-refractivity contribution in [1.82, 2.24) is 20.2 Å². The number of carbonyl (C=O) groups excluding carboxylic acids is 1. The number of nitrogens with one attached hydrogen (secondary N) is 2. The van der Waals surface area contributed by atoms with Gasteiger partial charge in [-0.15, -0.1) is 0 Å². The minimum atomic E-state index is 0.133. The third-order valence-corrected chi connectivity index (χ3v) is 3.05. The molecule has 1 fully saturated rings. The maximum Gasteiger partial charge on any atom is 0.224 e. The van der Waals surface area contributed by atoms with Crippen molar-refractivity contribution in [3.05, 3.63) is 18.2 Å². The van der Waals surface area contributed by atoms with Crippen LogP contribution in [0.15, 0.2) is 12.4 Å². The predicted molar refractivity (Wildman–Crippen MR) is 60.7 cm³/mol. The Morgan fingerprint density at radius 3 is 3.31 bits per heavy atom. The fourth-order valence-corrected chi connectivity index (χ4v) is 2.21. The molecule has 16 heavy (non-hydrogen) atoms. The minimum Gasteiger partial charge on any atom is -0.359 e. The zero-order valence-corrected chi connectivity index (χ0v) is 9.57. The molecule has 2 heterocycles. The van der Waals surface area contributed by atoms with Crippen molar-refractivity contribution in [3.8, 4) is 0 Å². The van der Waals surface area contributed by atoms with E-state index in [2.05, 4.69) is 20.2 Å². The molecule has 5 heteroatoms. The number of hydrogen-bond acceptors (Lipinski definition) is 3. The molecule has 1 amide bonds. The monoisotopic (exact) mass is 222 g/mol. The zero-order chi connectivity index (χ0) is 11.4. The second-order valence-electron chi connectivity index (χ2n) is 4.22. The molecule has 0 bridgehead atoms. The molecule has 1 aromatic rings. The third kappa shape index (κ3) is 2.61. The van der Waals surface area contributed by atoms with Gasteiger partial charge < -0.3 is 10.3 Å². The summed E-state index contributed by atoms with van der Waals surface area (Å²) in [4.78, 5) is 21.1. The number of nitrogens with zero attached hydrogens (tertiary/aromatic N) is 2. The lowest BCUT2D eigenvalue weighted by molar-refractivity contribution is -0.126. The van der Waals surface area contributed by atoms with E-state index in [1.807, 2.05) is 6.20 Å². The maximum atomic E-state index is 11.6. The summed E-state index contributed by atoms with van der Waals surface area (Å²) >= 11 is 0. The van der Waals surface area contributed by atoms with Crippen LogP contribution in [0, 0.1) is 5.92 Å². The molecule has 0 aromatic carbocycles. The Kier molecular flexibility index (Phi) is 3.56. The van der Waals surface area contributed by atoms with Gasteiger partial charge in [-0.25, -0.2) is 4.98 Å². The van der Waals surface area contributed by atoms with Gasteiger partial charge in [0.15, 0.2) is 0 Å². The van der Waals surface area contributed by atoms with Crippen molar-refractivity contribution in [3.63, 3.8) is 0 Å². The van der Waals surface area contributed by atoms with E-state index in [1.165, 1.54) is 0 Å². The Labute approximate surface area is 95.2 Å². The van der Waals surface area contributed by atoms with Crippen molar-refractivity contribution in [2.75, 3.05) is 20.1 Å². The van der Waals surface area contributed by atoms with Crippen molar-refractivity contribution in [2.24, 2.45) is 5.92 Å². The number of aromatic nitrogens is 2. The van der Waals surface area contributed by atoms with Crippen LogP contribution in [-0.2, 0) is 11.3 Å². The van der Waals surface area contributed by atoms with Crippen LogP contribution >= 0.6 is 0 Å². The molecule has 5 nitrogen and oxygen atoms in total. The quantitative estimate of drug-likeness (QED) is 0.776. The van der Waals surface area contributed by atoms with Crippen LogP contribution in [0.2, 0.25) is 0 Å². The lowest BCUT2D eigenvalue weighted by atomic mass is 9.97. The van der Waals surface area contributed by atoms with E-state index >= 15 is 0 Å². The van der Waals surface area contributed by atoms with Crippen molar-refractivity contribution >= 4 is 5.91 Å². The maximum absolute atomic E-state index is 11.6. The normalized spacial score (nSPS) is 21.9.